The molecule has 0 bridgehead atoms. The largest absolute Gasteiger partial charge is 0.451 e. The fourth-order valence-electron chi connectivity index (χ4n) is 2.35. The summed E-state index contributed by atoms with van der Waals surface area (Å²) in [6.07, 6.45) is -0.911. The molecule has 0 spiro atoms. The van der Waals surface area contributed by atoms with Gasteiger partial charge in [-0.15, -0.1) is 0 Å². The number of carbonyl (C=O) groups excluding carboxylic acids is 1. The van der Waals surface area contributed by atoms with Crippen molar-refractivity contribution in [3.05, 3.63) is 71.2 Å². The standard InChI is InChI=1S/C18H16FNO3/c1-11-2-7-16-13(8-11)9-17(23-16)18(22)20-10-15(21)12-3-5-14(19)6-4-12/h2-9,15,21H,10H2,1H3,(H,20,22). The number of aliphatic hydroxyl groups is 1. The topological polar surface area (TPSA) is 62.5 Å². The molecule has 5 heteroatoms. The summed E-state index contributed by atoms with van der Waals surface area (Å²) in [4.78, 5) is 12.1. The number of nitrogens with one attached hydrogen (secondary N) is 1. The molecule has 1 atom stereocenters. The number of benzene rings is 2. The molecule has 0 fully saturated rings. The van der Waals surface area contributed by atoms with Gasteiger partial charge in [0, 0.05) is 11.9 Å². The van der Waals surface area contributed by atoms with Crippen molar-refractivity contribution in [3.63, 3.8) is 0 Å². The van der Waals surface area contributed by atoms with Crippen molar-refractivity contribution in [3.8, 4) is 0 Å². The van der Waals surface area contributed by atoms with E-state index in [2.05, 4.69) is 5.32 Å². The van der Waals surface area contributed by atoms with Crippen LogP contribution in [0.5, 0.6) is 0 Å². The Hall–Kier alpha value is -2.66. The van der Waals surface area contributed by atoms with Gasteiger partial charge in [0.1, 0.15) is 11.4 Å². The van der Waals surface area contributed by atoms with E-state index in [0.29, 0.717) is 11.1 Å². The predicted octanol–water partition coefficient (Wildman–Crippen LogP) is 3.34. The maximum Gasteiger partial charge on any atom is 0.287 e. The zero-order valence-electron chi connectivity index (χ0n) is 12.5. The van der Waals surface area contributed by atoms with Gasteiger partial charge >= 0.3 is 0 Å². The Labute approximate surface area is 132 Å². The molecule has 1 amide bonds. The molecular weight excluding hydrogens is 297 g/mol. The van der Waals surface area contributed by atoms with Gasteiger partial charge < -0.3 is 14.8 Å². The normalized spacial score (nSPS) is 12.3. The third-order valence-corrected chi connectivity index (χ3v) is 3.61. The minimum absolute atomic E-state index is 0.0144. The quantitative estimate of drug-likeness (QED) is 0.776. The van der Waals surface area contributed by atoms with Crippen molar-refractivity contribution < 1.29 is 18.7 Å². The SMILES string of the molecule is Cc1ccc2oc(C(=O)NCC(O)c3ccc(F)cc3)cc2c1. The van der Waals surface area contributed by atoms with Crippen LogP contribution in [0.25, 0.3) is 11.0 Å². The summed E-state index contributed by atoms with van der Waals surface area (Å²) in [7, 11) is 0. The summed E-state index contributed by atoms with van der Waals surface area (Å²) in [6.45, 7) is 1.98. The maximum atomic E-state index is 12.9. The second-order valence-corrected chi connectivity index (χ2v) is 5.43. The fourth-order valence-corrected chi connectivity index (χ4v) is 2.35. The van der Waals surface area contributed by atoms with Crippen LogP contribution in [0, 0.1) is 12.7 Å². The minimum atomic E-state index is -0.911. The Balaban J connectivity index is 1.67. The van der Waals surface area contributed by atoms with E-state index in [9.17, 15) is 14.3 Å². The zero-order chi connectivity index (χ0) is 16.4. The van der Waals surface area contributed by atoms with E-state index in [1.54, 1.807) is 6.07 Å². The van der Waals surface area contributed by atoms with Gasteiger partial charge in [0.15, 0.2) is 5.76 Å². The van der Waals surface area contributed by atoms with Crippen LogP contribution in [0.2, 0.25) is 0 Å². The average molecular weight is 313 g/mol. The van der Waals surface area contributed by atoms with Crippen LogP contribution in [-0.2, 0) is 0 Å². The second-order valence-electron chi connectivity index (χ2n) is 5.43. The van der Waals surface area contributed by atoms with Gasteiger partial charge in [-0.05, 0) is 42.8 Å². The predicted molar refractivity (Wildman–Crippen MR) is 84.6 cm³/mol. The number of furan rings is 1. The highest BCUT2D eigenvalue weighted by molar-refractivity contribution is 5.96. The van der Waals surface area contributed by atoms with Crippen molar-refractivity contribution >= 4 is 16.9 Å². The van der Waals surface area contributed by atoms with Crippen LogP contribution in [0.4, 0.5) is 4.39 Å². The number of fused-ring (bicyclic) bond motifs is 1. The van der Waals surface area contributed by atoms with Gasteiger partial charge in [-0.3, -0.25) is 4.79 Å². The first-order valence-electron chi connectivity index (χ1n) is 7.25. The van der Waals surface area contributed by atoms with E-state index < -0.39 is 12.0 Å². The Morgan fingerprint density at radius 3 is 2.70 bits per heavy atom. The molecule has 3 aromatic rings. The molecular formula is C18H16FNO3. The minimum Gasteiger partial charge on any atom is -0.451 e. The summed E-state index contributed by atoms with van der Waals surface area (Å²) >= 11 is 0. The van der Waals surface area contributed by atoms with E-state index in [1.807, 2.05) is 25.1 Å². The van der Waals surface area contributed by atoms with Crippen LogP contribution in [0.3, 0.4) is 0 Å². The maximum absolute atomic E-state index is 12.9. The van der Waals surface area contributed by atoms with Crippen LogP contribution in [-0.4, -0.2) is 17.6 Å². The number of amides is 1. The van der Waals surface area contributed by atoms with Crippen molar-refractivity contribution in [1.82, 2.24) is 5.32 Å². The molecule has 0 aliphatic rings. The molecule has 0 aliphatic heterocycles. The highest BCUT2D eigenvalue weighted by atomic mass is 19.1. The molecule has 118 valence electrons. The number of aryl methyl sites for hydroxylation is 1. The highest BCUT2D eigenvalue weighted by Gasteiger charge is 2.14. The highest BCUT2D eigenvalue weighted by Crippen LogP contribution is 2.20. The second kappa shape index (κ2) is 6.22. The Morgan fingerprint density at radius 2 is 1.96 bits per heavy atom. The number of rotatable bonds is 4. The summed E-state index contributed by atoms with van der Waals surface area (Å²) in [5, 5.41) is 13.5. The van der Waals surface area contributed by atoms with Crippen LogP contribution >= 0.6 is 0 Å². The van der Waals surface area contributed by atoms with E-state index in [4.69, 9.17) is 4.42 Å². The lowest BCUT2D eigenvalue weighted by Crippen LogP contribution is -2.28. The first-order chi connectivity index (χ1) is 11.0. The third kappa shape index (κ3) is 3.40. The van der Waals surface area contributed by atoms with Crippen molar-refractivity contribution in [2.45, 2.75) is 13.0 Å². The number of hydrogen-bond acceptors (Lipinski definition) is 3. The fraction of sp³-hybridized carbons (Fsp3) is 0.167. The first-order valence-corrected chi connectivity index (χ1v) is 7.25. The lowest BCUT2D eigenvalue weighted by atomic mass is 10.1. The third-order valence-electron chi connectivity index (χ3n) is 3.61. The number of hydrogen-bond donors (Lipinski definition) is 2. The summed E-state index contributed by atoms with van der Waals surface area (Å²) < 4.78 is 18.3. The first kappa shape index (κ1) is 15.2. The Bertz CT molecular complexity index is 839. The molecule has 4 nitrogen and oxygen atoms in total. The molecule has 23 heavy (non-hydrogen) atoms. The van der Waals surface area contributed by atoms with Crippen molar-refractivity contribution in [2.75, 3.05) is 6.54 Å². The smallest absolute Gasteiger partial charge is 0.287 e. The molecule has 0 saturated carbocycles. The van der Waals surface area contributed by atoms with E-state index >= 15 is 0 Å². The molecule has 0 saturated heterocycles. The lowest BCUT2D eigenvalue weighted by molar-refractivity contribution is 0.0891. The van der Waals surface area contributed by atoms with Crippen LogP contribution in [0.1, 0.15) is 27.8 Å². The summed E-state index contributed by atoms with van der Waals surface area (Å²) in [6, 6.07) is 12.8. The lowest BCUT2D eigenvalue weighted by Gasteiger charge is -2.11. The van der Waals surface area contributed by atoms with Gasteiger partial charge in [-0.25, -0.2) is 4.39 Å². The van der Waals surface area contributed by atoms with Gasteiger partial charge in [0.05, 0.1) is 6.10 Å². The molecule has 0 aliphatic carbocycles. The molecule has 1 heterocycles. The summed E-state index contributed by atoms with van der Waals surface area (Å²) in [5.41, 5.74) is 2.25. The Morgan fingerprint density at radius 1 is 1.22 bits per heavy atom. The molecule has 0 radical (unpaired) electrons. The van der Waals surface area contributed by atoms with E-state index in [1.165, 1.54) is 24.3 Å². The van der Waals surface area contributed by atoms with E-state index in [-0.39, 0.29) is 18.1 Å². The monoisotopic (exact) mass is 313 g/mol. The van der Waals surface area contributed by atoms with Gasteiger partial charge in [0.2, 0.25) is 0 Å². The van der Waals surface area contributed by atoms with Gasteiger partial charge in [-0.1, -0.05) is 23.8 Å². The Kier molecular flexibility index (Phi) is 4.12. The van der Waals surface area contributed by atoms with Crippen LogP contribution in [0.15, 0.2) is 52.9 Å². The summed E-state index contributed by atoms with van der Waals surface area (Å²) in [5.74, 6) is -0.584. The van der Waals surface area contributed by atoms with E-state index in [0.717, 1.165) is 10.9 Å². The molecule has 2 aromatic carbocycles. The number of aliphatic hydroxyl groups excluding tert-OH is 1. The van der Waals surface area contributed by atoms with Crippen LogP contribution < -0.4 is 5.32 Å². The zero-order valence-corrected chi connectivity index (χ0v) is 12.5. The van der Waals surface area contributed by atoms with Gasteiger partial charge in [0.25, 0.3) is 5.91 Å². The van der Waals surface area contributed by atoms with Gasteiger partial charge in [-0.2, -0.15) is 0 Å². The molecule has 1 unspecified atom stereocenters. The number of carbonyl (C=O) groups is 1. The molecule has 2 N–H and O–H groups in total. The molecule has 3 rings (SSSR count). The molecule has 1 aromatic heterocycles. The van der Waals surface area contributed by atoms with Crippen molar-refractivity contribution in [2.24, 2.45) is 0 Å². The number of halogens is 1. The van der Waals surface area contributed by atoms with Crippen molar-refractivity contribution in [1.29, 1.82) is 0 Å². The average Bonchev–Trinajstić information content (AvgIpc) is 2.96.